The van der Waals surface area contributed by atoms with E-state index in [9.17, 15) is 13.2 Å². The molecule has 0 aromatic heterocycles. The van der Waals surface area contributed by atoms with Gasteiger partial charge in [0.05, 0.1) is 22.8 Å². The monoisotopic (exact) mass is 277 g/mol. The molecule has 1 aromatic carbocycles. The van der Waals surface area contributed by atoms with Crippen molar-refractivity contribution in [2.75, 3.05) is 0 Å². The molecule has 1 aliphatic heterocycles. The molecule has 0 bridgehead atoms. The van der Waals surface area contributed by atoms with Gasteiger partial charge in [-0.2, -0.15) is 18.4 Å². The van der Waals surface area contributed by atoms with Crippen LogP contribution in [-0.2, 0) is 15.7 Å². The molecule has 0 spiro atoms. The molecule has 6 heteroatoms. The molecule has 0 saturated carbocycles. The van der Waals surface area contributed by atoms with Crippen molar-refractivity contribution in [2.24, 2.45) is 0 Å². The first kappa shape index (κ1) is 12.4. The molecule has 3 rings (SSSR count). The number of hydrogen-bond acceptors (Lipinski definition) is 3. The highest BCUT2D eigenvalue weighted by atomic mass is 19.4. The average Bonchev–Trinajstić information content (AvgIpc) is 3.03. The minimum Gasteiger partial charge on any atom is -0.430 e. The first-order chi connectivity index (χ1) is 9.50. The van der Waals surface area contributed by atoms with E-state index < -0.39 is 11.7 Å². The normalized spacial score (nSPS) is 16.4. The summed E-state index contributed by atoms with van der Waals surface area (Å²) in [5.41, 5.74) is 0.521. The SMILES string of the molecule is N#CC1=CC(=C2OC=CO2)c2cc(C(F)(F)F)ccc21. The smallest absolute Gasteiger partial charge is 0.416 e. The van der Waals surface area contributed by atoms with Gasteiger partial charge in [0.2, 0.25) is 0 Å². The van der Waals surface area contributed by atoms with Crippen LogP contribution >= 0.6 is 0 Å². The number of halogens is 3. The number of benzene rings is 1. The Labute approximate surface area is 111 Å². The van der Waals surface area contributed by atoms with E-state index in [4.69, 9.17) is 14.7 Å². The van der Waals surface area contributed by atoms with Crippen molar-refractivity contribution < 1.29 is 22.6 Å². The van der Waals surface area contributed by atoms with Gasteiger partial charge in [0.25, 0.3) is 5.95 Å². The molecular weight excluding hydrogens is 271 g/mol. The summed E-state index contributed by atoms with van der Waals surface area (Å²) in [4.78, 5) is 0. The molecule has 0 saturated heterocycles. The van der Waals surface area contributed by atoms with Crippen LogP contribution in [-0.4, -0.2) is 0 Å². The quantitative estimate of drug-likeness (QED) is 0.724. The van der Waals surface area contributed by atoms with Crippen molar-refractivity contribution in [3.8, 4) is 6.07 Å². The molecule has 100 valence electrons. The van der Waals surface area contributed by atoms with Gasteiger partial charge in [-0.1, -0.05) is 6.07 Å². The highest BCUT2D eigenvalue weighted by Gasteiger charge is 2.33. The third kappa shape index (κ3) is 1.84. The minimum absolute atomic E-state index is 0.0656. The number of hydrogen-bond donors (Lipinski definition) is 0. The predicted molar refractivity (Wildman–Crippen MR) is 63.3 cm³/mol. The molecule has 0 unspecified atom stereocenters. The lowest BCUT2D eigenvalue weighted by molar-refractivity contribution is -0.137. The predicted octanol–water partition coefficient (Wildman–Crippen LogP) is 3.81. The summed E-state index contributed by atoms with van der Waals surface area (Å²) in [6, 6.07) is 5.17. The molecule has 0 radical (unpaired) electrons. The molecule has 3 nitrogen and oxygen atoms in total. The lowest BCUT2D eigenvalue weighted by Crippen LogP contribution is -2.05. The van der Waals surface area contributed by atoms with Crippen LogP contribution in [0.4, 0.5) is 13.2 Å². The van der Waals surface area contributed by atoms with Gasteiger partial charge in [-0.15, -0.1) is 0 Å². The van der Waals surface area contributed by atoms with Gasteiger partial charge < -0.3 is 9.47 Å². The van der Waals surface area contributed by atoms with E-state index in [-0.39, 0.29) is 17.1 Å². The number of nitriles is 1. The van der Waals surface area contributed by atoms with E-state index in [2.05, 4.69) is 0 Å². The first-order valence-corrected chi connectivity index (χ1v) is 5.57. The standard InChI is InChI=1S/C14H6F3NO2/c15-14(16,17)9-1-2-10-8(7-18)5-12(11(10)6-9)13-19-3-4-20-13/h1-6H. The van der Waals surface area contributed by atoms with E-state index in [1.807, 2.05) is 6.07 Å². The van der Waals surface area contributed by atoms with Crippen molar-refractivity contribution in [3.05, 3.63) is 59.4 Å². The third-order valence-corrected chi connectivity index (χ3v) is 2.96. The Morgan fingerprint density at radius 2 is 1.75 bits per heavy atom. The zero-order valence-corrected chi connectivity index (χ0v) is 9.86. The number of alkyl halides is 3. The number of fused-ring (bicyclic) bond motifs is 1. The maximum absolute atomic E-state index is 12.8. The number of allylic oxidation sites excluding steroid dienone is 3. The number of rotatable bonds is 0. The third-order valence-electron chi connectivity index (χ3n) is 2.96. The molecule has 2 aliphatic rings. The van der Waals surface area contributed by atoms with Crippen LogP contribution in [0.25, 0.3) is 11.1 Å². The van der Waals surface area contributed by atoms with Crippen LogP contribution in [0.15, 0.2) is 42.7 Å². The number of nitrogens with zero attached hydrogens (tertiary/aromatic N) is 1. The van der Waals surface area contributed by atoms with Gasteiger partial charge in [-0.3, -0.25) is 0 Å². The van der Waals surface area contributed by atoms with Crippen molar-refractivity contribution >= 4 is 11.1 Å². The molecule has 20 heavy (non-hydrogen) atoms. The molecule has 0 amide bonds. The Bertz CT molecular complexity index is 711. The molecular formula is C14H6F3NO2. The molecule has 0 N–H and O–H groups in total. The Balaban J connectivity index is 2.19. The fraction of sp³-hybridized carbons (Fsp3) is 0.0714. The largest absolute Gasteiger partial charge is 0.430 e. The second-order valence-corrected chi connectivity index (χ2v) is 4.14. The van der Waals surface area contributed by atoms with Crippen LogP contribution in [0.1, 0.15) is 16.7 Å². The topological polar surface area (TPSA) is 42.2 Å². The van der Waals surface area contributed by atoms with Crippen LogP contribution in [0.3, 0.4) is 0 Å². The zero-order chi connectivity index (χ0) is 14.3. The summed E-state index contributed by atoms with van der Waals surface area (Å²) in [5, 5.41) is 9.04. The second kappa shape index (κ2) is 4.17. The highest BCUT2D eigenvalue weighted by molar-refractivity contribution is 6.00. The van der Waals surface area contributed by atoms with Crippen LogP contribution in [0.5, 0.6) is 0 Å². The van der Waals surface area contributed by atoms with Crippen molar-refractivity contribution in [1.82, 2.24) is 0 Å². The average molecular weight is 277 g/mol. The van der Waals surface area contributed by atoms with E-state index >= 15 is 0 Å². The van der Waals surface area contributed by atoms with Crippen molar-refractivity contribution in [3.63, 3.8) is 0 Å². The van der Waals surface area contributed by atoms with Crippen molar-refractivity contribution in [1.29, 1.82) is 5.26 Å². The van der Waals surface area contributed by atoms with Gasteiger partial charge in [-0.25, -0.2) is 0 Å². The van der Waals surface area contributed by atoms with E-state index in [0.717, 1.165) is 12.1 Å². The minimum atomic E-state index is -4.45. The summed E-state index contributed by atoms with van der Waals surface area (Å²) in [6.07, 6.45) is -0.454. The van der Waals surface area contributed by atoms with Crippen LogP contribution in [0, 0.1) is 11.3 Å². The Morgan fingerprint density at radius 1 is 1.05 bits per heavy atom. The first-order valence-electron chi connectivity index (χ1n) is 5.57. The Hall–Kier alpha value is -2.68. The molecule has 1 heterocycles. The number of ether oxygens (including phenoxy) is 2. The molecule has 0 fully saturated rings. The van der Waals surface area contributed by atoms with Gasteiger partial charge in [0.15, 0.2) is 0 Å². The summed E-state index contributed by atoms with van der Waals surface area (Å²) in [7, 11) is 0. The maximum Gasteiger partial charge on any atom is 0.416 e. The van der Waals surface area contributed by atoms with Gasteiger partial charge in [-0.05, 0) is 23.8 Å². The maximum atomic E-state index is 12.8. The zero-order valence-electron chi connectivity index (χ0n) is 9.86. The molecule has 1 aliphatic carbocycles. The van der Waals surface area contributed by atoms with Crippen LogP contribution in [0.2, 0.25) is 0 Å². The van der Waals surface area contributed by atoms with Gasteiger partial charge >= 0.3 is 6.18 Å². The fourth-order valence-electron chi connectivity index (χ4n) is 2.07. The molecule has 1 aromatic rings. The van der Waals surface area contributed by atoms with Gasteiger partial charge in [0, 0.05) is 5.56 Å². The van der Waals surface area contributed by atoms with E-state index in [0.29, 0.717) is 11.1 Å². The lowest BCUT2D eigenvalue weighted by atomic mass is 10.0. The van der Waals surface area contributed by atoms with Gasteiger partial charge in [0.1, 0.15) is 12.5 Å². The van der Waals surface area contributed by atoms with E-state index in [1.165, 1.54) is 24.7 Å². The summed E-state index contributed by atoms with van der Waals surface area (Å²) < 4.78 is 48.4. The summed E-state index contributed by atoms with van der Waals surface area (Å²) in [5.74, 6) is 0.0656. The second-order valence-electron chi connectivity index (χ2n) is 4.14. The summed E-state index contributed by atoms with van der Waals surface area (Å²) in [6.45, 7) is 0. The summed E-state index contributed by atoms with van der Waals surface area (Å²) >= 11 is 0. The highest BCUT2D eigenvalue weighted by Crippen LogP contribution is 2.41. The Morgan fingerprint density at radius 3 is 2.35 bits per heavy atom. The van der Waals surface area contributed by atoms with Crippen LogP contribution < -0.4 is 0 Å². The lowest BCUT2D eigenvalue weighted by Gasteiger charge is -2.10. The fourth-order valence-corrected chi connectivity index (χ4v) is 2.07. The molecule has 0 atom stereocenters. The van der Waals surface area contributed by atoms with Crippen molar-refractivity contribution in [2.45, 2.75) is 6.18 Å². The Kier molecular flexibility index (Phi) is 2.57. The van der Waals surface area contributed by atoms with E-state index in [1.54, 1.807) is 0 Å².